The summed E-state index contributed by atoms with van der Waals surface area (Å²) in [6.07, 6.45) is -8.85. The Bertz CT molecular complexity index is 756. The molecule has 0 radical (unpaired) electrons. The quantitative estimate of drug-likeness (QED) is 0.0909. The molecule has 0 bridgehead atoms. The maximum Gasteiger partial charge on any atom is 0.222 e. The molecule has 0 aromatic carbocycles. The molecule has 2 aliphatic rings. The maximum absolute atomic E-state index is 13.0. The third kappa shape index (κ3) is 10.5. The van der Waals surface area contributed by atoms with E-state index in [0.29, 0.717) is 19.3 Å². The number of ketones is 1. The van der Waals surface area contributed by atoms with Crippen LogP contribution in [0.25, 0.3) is 0 Å². The molecule has 2 saturated heterocycles. The van der Waals surface area contributed by atoms with E-state index in [0.717, 1.165) is 19.3 Å². The van der Waals surface area contributed by atoms with Crippen LogP contribution in [0, 0.1) is 0 Å². The molecule has 2 heterocycles. The second-order valence-electron chi connectivity index (χ2n) is 10.5. The Balaban J connectivity index is 1.85. The van der Waals surface area contributed by atoms with Crippen molar-refractivity contribution in [1.29, 1.82) is 0 Å². The van der Waals surface area contributed by atoms with Crippen LogP contribution in [0.5, 0.6) is 0 Å². The predicted molar refractivity (Wildman–Crippen MR) is 138 cm³/mol. The summed E-state index contributed by atoms with van der Waals surface area (Å²) in [5.41, 5.74) is 0. The molecule has 10 atom stereocenters. The van der Waals surface area contributed by atoms with E-state index in [2.05, 4.69) is 0 Å². The van der Waals surface area contributed by atoms with Gasteiger partial charge in [-0.3, -0.25) is 4.79 Å². The minimum absolute atomic E-state index is 0.0187. The lowest BCUT2D eigenvalue weighted by atomic mass is 9.99. The highest BCUT2D eigenvalue weighted by Gasteiger charge is 2.44. The van der Waals surface area contributed by atoms with Crippen molar-refractivity contribution in [2.24, 2.45) is 0 Å². The molecule has 0 spiro atoms. The number of hydrogen-bond acceptors (Lipinski definition) is 13. The van der Waals surface area contributed by atoms with Gasteiger partial charge >= 0.3 is 0 Å². The zero-order valence-electron chi connectivity index (χ0n) is 23.3. The highest BCUT2D eigenvalue weighted by molar-refractivity contribution is 5.76. The SMILES string of the molecule is CC(=O)CCCCCCC(=O)N(CCCO[C@H]1O[C@H](CO)[C@@H](O)[C@H](O)[C@@H]1O)CCO[C@@H]1O[C@@H](C)[C@@H](O)[C@@H](O)[C@@H]1O. The molecule has 14 heteroatoms. The van der Waals surface area contributed by atoms with Gasteiger partial charge in [-0.1, -0.05) is 12.8 Å². The number of ether oxygens (including phenoxy) is 4. The summed E-state index contributed by atoms with van der Waals surface area (Å²) in [4.78, 5) is 25.6. The second-order valence-corrected chi connectivity index (χ2v) is 10.5. The van der Waals surface area contributed by atoms with Crippen LogP contribution in [-0.4, -0.2) is 147 Å². The monoisotopic (exact) mass is 581 g/mol. The third-order valence-electron chi connectivity index (χ3n) is 7.18. The lowest BCUT2D eigenvalue weighted by molar-refractivity contribution is -0.301. The fourth-order valence-electron chi connectivity index (χ4n) is 4.61. The molecular formula is C26H47NO13. The molecule has 14 nitrogen and oxygen atoms in total. The average molecular weight is 582 g/mol. The van der Waals surface area contributed by atoms with Crippen molar-refractivity contribution in [2.45, 2.75) is 120 Å². The third-order valence-corrected chi connectivity index (χ3v) is 7.18. The first kappa shape index (κ1) is 34.9. The number of carbonyl (C=O) groups is 2. The first-order valence-corrected chi connectivity index (χ1v) is 14.0. The Kier molecular flexibility index (Phi) is 15.4. The minimum Gasteiger partial charge on any atom is -0.394 e. The van der Waals surface area contributed by atoms with Gasteiger partial charge in [0.15, 0.2) is 12.6 Å². The summed E-state index contributed by atoms with van der Waals surface area (Å²) in [6, 6.07) is 0. The van der Waals surface area contributed by atoms with Crippen LogP contribution in [0.1, 0.15) is 58.8 Å². The summed E-state index contributed by atoms with van der Waals surface area (Å²) in [5.74, 6) is -0.00591. The number of aliphatic hydroxyl groups excluding tert-OH is 7. The Hall–Kier alpha value is -1.30. The van der Waals surface area contributed by atoms with Crippen LogP contribution in [0.4, 0.5) is 0 Å². The Morgan fingerprint density at radius 2 is 1.27 bits per heavy atom. The number of Topliss-reactive ketones (excluding diaryl/α,β-unsaturated/α-hetero) is 1. The van der Waals surface area contributed by atoms with E-state index < -0.39 is 68.0 Å². The first-order valence-electron chi connectivity index (χ1n) is 14.0. The van der Waals surface area contributed by atoms with Crippen LogP contribution >= 0.6 is 0 Å². The van der Waals surface area contributed by atoms with E-state index in [1.807, 2.05) is 0 Å². The molecule has 2 rings (SSSR count). The topological polar surface area (TPSA) is 216 Å². The lowest BCUT2D eigenvalue weighted by Crippen LogP contribution is -2.59. The van der Waals surface area contributed by atoms with Gasteiger partial charge in [-0.25, -0.2) is 0 Å². The molecule has 1 amide bonds. The van der Waals surface area contributed by atoms with Crippen LogP contribution in [-0.2, 0) is 28.5 Å². The number of hydrogen-bond donors (Lipinski definition) is 7. The Morgan fingerprint density at radius 3 is 1.90 bits per heavy atom. The van der Waals surface area contributed by atoms with E-state index in [1.165, 1.54) is 6.92 Å². The molecule has 40 heavy (non-hydrogen) atoms. The highest BCUT2D eigenvalue weighted by Crippen LogP contribution is 2.23. The fourth-order valence-corrected chi connectivity index (χ4v) is 4.61. The maximum atomic E-state index is 13.0. The molecular weight excluding hydrogens is 534 g/mol. The van der Waals surface area contributed by atoms with Crippen LogP contribution < -0.4 is 0 Å². The van der Waals surface area contributed by atoms with Gasteiger partial charge < -0.3 is 64.4 Å². The molecule has 0 aromatic heterocycles. The Morgan fingerprint density at radius 1 is 0.700 bits per heavy atom. The van der Waals surface area contributed by atoms with Gasteiger partial charge in [0.2, 0.25) is 5.91 Å². The number of aliphatic hydroxyl groups is 7. The van der Waals surface area contributed by atoms with Crippen molar-refractivity contribution in [3.8, 4) is 0 Å². The van der Waals surface area contributed by atoms with Gasteiger partial charge in [0.1, 0.15) is 48.5 Å². The van der Waals surface area contributed by atoms with E-state index in [1.54, 1.807) is 11.8 Å². The highest BCUT2D eigenvalue weighted by atomic mass is 16.7. The van der Waals surface area contributed by atoms with Crippen LogP contribution in [0.3, 0.4) is 0 Å². The smallest absolute Gasteiger partial charge is 0.222 e. The normalized spacial score (nSPS) is 34.5. The van der Waals surface area contributed by atoms with Crippen molar-refractivity contribution >= 4 is 11.7 Å². The molecule has 7 N–H and O–H groups in total. The number of nitrogens with zero attached hydrogens (tertiary/aromatic N) is 1. The average Bonchev–Trinajstić information content (AvgIpc) is 2.92. The molecule has 2 fully saturated rings. The largest absolute Gasteiger partial charge is 0.394 e. The number of unbranched alkanes of at least 4 members (excludes halogenated alkanes) is 3. The van der Waals surface area contributed by atoms with E-state index in [-0.39, 0.29) is 44.4 Å². The van der Waals surface area contributed by atoms with Gasteiger partial charge in [0.25, 0.3) is 0 Å². The van der Waals surface area contributed by atoms with Crippen molar-refractivity contribution in [3.05, 3.63) is 0 Å². The van der Waals surface area contributed by atoms with Gasteiger partial charge in [-0.15, -0.1) is 0 Å². The van der Waals surface area contributed by atoms with E-state index in [9.17, 15) is 45.3 Å². The summed E-state index contributed by atoms with van der Waals surface area (Å²) < 4.78 is 21.8. The fraction of sp³-hybridized carbons (Fsp3) is 0.923. The predicted octanol–water partition coefficient (Wildman–Crippen LogP) is -2.20. The van der Waals surface area contributed by atoms with Crippen molar-refractivity contribution in [2.75, 3.05) is 32.9 Å². The lowest BCUT2D eigenvalue weighted by Gasteiger charge is -2.39. The van der Waals surface area contributed by atoms with Gasteiger partial charge in [-0.05, 0) is 33.1 Å². The molecule has 234 valence electrons. The summed E-state index contributed by atoms with van der Waals surface area (Å²) in [7, 11) is 0. The summed E-state index contributed by atoms with van der Waals surface area (Å²) >= 11 is 0. The van der Waals surface area contributed by atoms with E-state index >= 15 is 0 Å². The number of amides is 1. The summed E-state index contributed by atoms with van der Waals surface area (Å²) in [5, 5.41) is 69.2. The standard InChI is InChI=1S/C26H47NO13/c1-15(29)8-5-3-4-6-9-18(30)27(11-13-38-25-23(35)21(33)19(31)16(2)39-25)10-7-12-37-26-24(36)22(34)20(32)17(14-28)40-26/h16-17,19-26,28,31-36H,3-14H2,1-2H3/t16-,17+,19+,20+,21+,22-,23-,24-,25+,26-/m0/s1. The van der Waals surface area contributed by atoms with Gasteiger partial charge in [0, 0.05) is 25.9 Å². The van der Waals surface area contributed by atoms with Crippen LogP contribution in [0.2, 0.25) is 0 Å². The van der Waals surface area contributed by atoms with Crippen molar-refractivity contribution < 1.29 is 64.3 Å². The zero-order chi connectivity index (χ0) is 29.8. The number of carbonyl (C=O) groups excluding carboxylic acids is 2. The van der Waals surface area contributed by atoms with E-state index in [4.69, 9.17) is 18.9 Å². The molecule has 0 unspecified atom stereocenters. The molecule has 0 aliphatic carbocycles. The molecule has 0 aromatic rings. The first-order chi connectivity index (χ1) is 19.0. The number of rotatable bonds is 17. The summed E-state index contributed by atoms with van der Waals surface area (Å²) in [6.45, 7) is 2.91. The molecule has 2 aliphatic heterocycles. The molecule has 0 saturated carbocycles. The van der Waals surface area contributed by atoms with Gasteiger partial charge in [0.05, 0.1) is 25.9 Å². The van der Waals surface area contributed by atoms with Crippen molar-refractivity contribution in [1.82, 2.24) is 4.90 Å². The minimum atomic E-state index is -1.55. The Labute approximate surface area is 234 Å². The van der Waals surface area contributed by atoms with Crippen molar-refractivity contribution in [3.63, 3.8) is 0 Å². The van der Waals surface area contributed by atoms with Gasteiger partial charge in [-0.2, -0.15) is 0 Å². The second kappa shape index (κ2) is 17.6. The van der Waals surface area contributed by atoms with Crippen LogP contribution in [0.15, 0.2) is 0 Å². The zero-order valence-corrected chi connectivity index (χ0v) is 23.3.